The largest absolute Gasteiger partial charge is 0.344 e. The van der Waals surface area contributed by atoms with Gasteiger partial charge in [-0.25, -0.2) is 18.2 Å². The van der Waals surface area contributed by atoms with Gasteiger partial charge in [0.2, 0.25) is 0 Å². The fourth-order valence-electron chi connectivity index (χ4n) is 1.97. The maximum atomic E-state index is 12.5. The molecular formula is C13H17N5O5S2. The highest BCUT2D eigenvalue weighted by atomic mass is 32.2. The first-order valence-electron chi connectivity index (χ1n) is 6.94. The van der Waals surface area contributed by atoms with Crippen LogP contribution in [-0.2, 0) is 24.1 Å². The highest BCUT2D eigenvalue weighted by molar-refractivity contribution is 7.93. The summed E-state index contributed by atoms with van der Waals surface area (Å²) in [5, 5.41) is -0.0430. The first-order valence-corrected chi connectivity index (χ1v) is 9.24. The van der Waals surface area contributed by atoms with E-state index in [0.29, 0.717) is 10.3 Å². The second-order valence-corrected chi connectivity index (χ2v) is 8.14. The molecule has 1 amide bonds. The molecule has 25 heavy (non-hydrogen) atoms. The summed E-state index contributed by atoms with van der Waals surface area (Å²) in [6.07, 6.45) is 0.944. The van der Waals surface area contributed by atoms with E-state index in [1.165, 1.54) is 19.0 Å². The van der Waals surface area contributed by atoms with Gasteiger partial charge in [0, 0.05) is 34.4 Å². The molecule has 0 unspecified atom stereocenters. The van der Waals surface area contributed by atoms with E-state index in [0.717, 1.165) is 22.1 Å². The van der Waals surface area contributed by atoms with Gasteiger partial charge in [0.05, 0.1) is 5.69 Å². The molecule has 0 aliphatic carbocycles. The molecule has 0 bridgehead atoms. The summed E-state index contributed by atoms with van der Waals surface area (Å²) in [5.41, 5.74) is -1.23. The molecule has 12 heteroatoms. The lowest BCUT2D eigenvalue weighted by molar-refractivity contribution is 0.0831. The van der Waals surface area contributed by atoms with Crippen molar-refractivity contribution in [1.29, 1.82) is 0 Å². The van der Waals surface area contributed by atoms with E-state index in [1.807, 2.05) is 0 Å². The Kier molecular flexibility index (Phi) is 4.86. The van der Waals surface area contributed by atoms with Crippen molar-refractivity contribution in [3.8, 4) is 0 Å². The minimum Gasteiger partial charge on any atom is -0.344 e. The third-order valence-corrected chi connectivity index (χ3v) is 5.83. The van der Waals surface area contributed by atoms with Gasteiger partial charge < -0.3 is 9.47 Å². The molecule has 0 atom stereocenters. The molecule has 0 radical (unpaired) electrons. The Morgan fingerprint density at radius 3 is 2.44 bits per heavy atom. The van der Waals surface area contributed by atoms with Gasteiger partial charge in [0.15, 0.2) is 10.0 Å². The predicted molar refractivity (Wildman–Crippen MR) is 92.6 cm³/mol. The fraction of sp³-hybridized carbons (Fsp3) is 0.385. The summed E-state index contributed by atoms with van der Waals surface area (Å²) in [7, 11) is 1.38. The highest BCUT2D eigenvalue weighted by Gasteiger charge is 2.24. The van der Waals surface area contributed by atoms with Crippen LogP contribution in [0, 0.1) is 6.92 Å². The topological polar surface area (TPSA) is 123 Å². The molecule has 10 nitrogen and oxygen atoms in total. The van der Waals surface area contributed by atoms with Crippen LogP contribution >= 0.6 is 11.3 Å². The number of nitrogens with zero attached hydrogens (tertiary/aromatic N) is 4. The SMILES string of the molecule is Cc1nc(NS(=O)(=O)c2cn(C)c(=O)n(C)c2=O)sc1C(=O)N(C)C. The first-order chi connectivity index (χ1) is 11.5. The monoisotopic (exact) mass is 387 g/mol. The number of sulfonamides is 1. The molecule has 0 saturated carbocycles. The van der Waals surface area contributed by atoms with E-state index in [4.69, 9.17) is 0 Å². The van der Waals surface area contributed by atoms with Gasteiger partial charge in [-0.3, -0.25) is 18.9 Å². The first kappa shape index (κ1) is 18.9. The average molecular weight is 387 g/mol. The molecule has 1 N–H and O–H groups in total. The van der Waals surface area contributed by atoms with Crippen molar-refractivity contribution in [2.75, 3.05) is 18.8 Å². The maximum Gasteiger partial charge on any atom is 0.330 e. The number of hydrogen-bond donors (Lipinski definition) is 1. The van der Waals surface area contributed by atoms with Crippen LogP contribution in [0.2, 0.25) is 0 Å². The highest BCUT2D eigenvalue weighted by Crippen LogP contribution is 2.25. The zero-order valence-electron chi connectivity index (χ0n) is 14.2. The van der Waals surface area contributed by atoms with Gasteiger partial charge in [-0.05, 0) is 6.92 Å². The van der Waals surface area contributed by atoms with E-state index in [2.05, 4.69) is 9.71 Å². The Labute approximate surface area is 147 Å². The van der Waals surface area contributed by atoms with E-state index in [9.17, 15) is 22.8 Å². The van der Waals surface area contributed by atoms with Crippen LogP contribution < -0.4 is 16.0 Å². The number of carbonyl (C=O) groups excluding carboxylic acids is 1. The van der Waals surface area contributed by atoms with Crippen LogP contribution in [0.1, 0.15) is 15.4 Å². The third kappa shape index (κ3) is 3.49. The van der Waals surface area contributed by atoms with Crippen molar-refractivity contribution in [3.63, 3.8) is 0 Å². The van der Waals surface area contributed by atoms with Crippen molar-refractivity contribution in [2.24, 2.45) is 14.1 Å². The standard InChI is InChI=1S/C13H17N5O5S2/c1-7-9(11(20)16(2)3)24-12(14-7)15-25(22,23)8-6-17(4)13(21)18(5)10(8)19/h6H,1-5H3,(H,14,15). The van der Waals surface area contributed by atoms with Gasteiger partial charge in [-0.2, -0.15) is 0 Å². The number of anilines is 1. The lowest BCUT2D eigenvalue weighted by Crippen LogP contribution is -2.40. The summed E-state index contributed by atoms with van der Waals surface area (Å²) >= 11 is 0.865. The van der Waals surface area contributed by atoms with E-state index >= 15 is 0 Å². The minimum atomic E-state index is -4.28. The lowest BCUT2D eigenvalue weighted by atomic mass is 10.3. The predicted octanol–water partition coefficient (Wildman–Crippen LogP) is -0.648. The maximum absolute atomic E-state index is 12.5. The zero-order chi connectivity index (χ0) is 19.1. The summed E-state index contributed by atoms with van der Waals surface area (Å²) in [6, 6.07) is 0. The van der Waals surface area contributed by atoms with Crippen molar-refractivity contribution in [1.82, 2.24) is 19.0 Å². The van der Waals surface area contributed by atoms with Crippen LogP contribution in [0.3, 0.4) is 0 Å². The molecule has 0 aliphatic heterocycles. The van der Waals surface area contributed by atoms with E-state index in [1.54, 1.807) is 21.0 Å². The second-order valence-electron chi connectivity index (χ2n) is 5.49. The van der Waals surface area contributed by atoms with Crippen molar-refractivity contribution < 1.29 is 13.2 Å². The third-order valence-electron chi connectivity index (χ3n) is 3.32. The normalized spacial score (nSPS) is 11.4. The quantitative estimate of drug-likeness (QED) is 0.744. The Morgan fingerprint density at radius 1 is 1.28 bits per heavy atom. The number of rotatable bonds is 4. The summed E-state index contributed by atoms with van der Waals surface area (Å²) < 4.78 is 28.9. The molecule has 2 aromatic heterocycles. The Bertz CT molecular complexity index is 1060. The lowest BCUT2D eigenvalue weighted by Gasteiger charge is -2.08. The van der Waals surface area contributed by atoms with E-state index < -0.39 is 26.2 Å². The molecule has 2 aromatic rings. The molecule has 0 aliphatic rings. The van der Waals surface area contributed by atoms with Crippen LogP contribution in [0.5, 0.6) is 0 Å². The minimum absolute atomic E-state index is 0.0430. The fourth-order valence-corrected chi connectivity index (χ4v) is 4.36. The van der Waals surface area contributed by atoms with Crippen molar-refractivity contribution >= 4 is 32.4 Å². The number of aromatic nitrogens is 3. The summed E-state index contributed by atoms with van der Waals surface area (Å²) in [6.45, 7) is 1.58. The van der Waals surface area contributed by atoms with Crippen LogP contribution in [0.4, 0.5) is 5.13 Å². The smallest absolute Gasteiger partial charge is 0.330 e. The Balaban J connectivity index is 2.48. The van der Waals surface area contributed by atoms with Crippen LogP contribution in [-0.4, -0.2) is 47.4 Å². The molecule has 2 heterocycles. The van der Waals surface area contributed by atoms with E-state index in [-0.39, 0.29) is 15.9 Å². The Hall–Kier alpha value is -2.47. The molecule has 0 fully saturated rings. The van der Waals surface area contributed by atoms with Gasteiger partial charge >= 0.3 is 5.69 Å². The van der Waals surface area contributed by atoms with Crippen LogP contribution in [0.25, 0.3) is 0 Å². The average Bonchev–Trinajstić information content (AvgIpc) is 2.87. The zero-order valence-corrected chi connectivity index (χ0v) is 15.9. The summed E-state index contributed by atoms with van der Waals surface area (Å²) in [4.78, 5) is 40.9. The number of aryl methyl sites for hydroxylation is 2. The molecular weight excluding hydrogens is 370 g/mol. The van der Waals surface area contributed by atoms with Gasteiger partial charge in [0.25, 0.3) is 21.5 Å². The molecule has 0 saturated heterocycles. The molecule has 2 rings (SSSR count). The molecule has 0 spiro atoms. The Morgan fingerprint density at radius 2 is 1.88 bits per heavy atom. The van der Waals surface area contributed by atoms with Crippen molar-refractivity contribution in [3.05, 3.63) is 37.6 Å². The second kappa shape index (κ2) is 6.44. The van der Waals surface area contributed by atoms with Gasteiger partial charge in [-0.15, -0.1) is 0 Å². The van der Waals surface area contributed by atoms with Crippen molar-refractivity contribution in [2.45, 2.75) is 11.8 Å². The molecule has 136 valence electrons. The number of amides is 1. The number of carbonyl (C=O) groups is 1. The number of nitrogens with one attached hydrogen (secondary N) is 1. The summed E-state index contributed by atoms with van der Waals surface area (Å²) in [5.74, 6) is -0.307. The number of hydrogen-bond acceptors (Lipinski definition) is 7. The van der Waals surface area contributed by atoms with Crippen LogP contribution in [0.15, 0.2) is 20.7 Å². The van der Waals surface area contributed by atoms with Gasteiger partial charge in [0.1, 0.15) is 4.88 Å². The number of thiazole rings is 1. The molecule has 0 aromatic carbocycles. The van der Waals surface area contributed by atoms with Gasteiger partial charge in [-0.1, -0.05) is 11.3 Å².